The van der Waals surface area contributed by atoms with Crippen molar-refractivity contribution in [3.05, 3.63) is 81.9 Å². The monoisotopic (exact) mass is 374 g/mol. The normalized spacial score (nSPS) is 13.6. The molecule has 1 aliphatic heterocycles. The predicted octanol–water partition coefficient (Wildman–Crippen LogP) is 3.21. The standard InChI is InChI=1S/C21H18N4OS/c26-21-20-19(18(24-27-20)14-5-2-1-3-6-14)23-13-25(21)12-16-8-4-7-15-11-22-10-9-17(15)16/h1-8,13,22H,9-12H2. The van der Waals surface area contributed by atoms with Crippen molar-refractivity contribution in [3.63, 3.8) is 0 Å². The lowest BCUT2D eigenvalue weighted by atomic mass is 9.95. The summed E-state index contributed by atoms with van der Waals surface area (Å²) in [5, 5.41) is 3.40. The van der Waals surface area contributed by atoms with E-state index in [1.165, 1.54) is 28.2 Å². The zero-order chi connectivity index (χ0) is 18.2. The van der Waals surface area contributed by atoms with E-state index in [1.807, 2.05) is 30.3 Å². The summed E-state index contributed by atoms with van der Waals surface area (Å²) in [5.74, 6) is 0. The Morgan fingerprint density at radius 2 is 2.00 bits per heavy atom. The van der Waals surface area contributed by atoms with Gasteiger partial charge in [0, 0.05) is 12.1 Å². The Labute approximate surface area is 160 Å². The molecular weight excluding hydrogens is 356 g/mol. The molecule has 0 aliphatic carbocycles. The molecule has 0 saturated heterocycles. The van der Waals surface area contributed by atoms with Crippen molar-refractivity contribution in [3.8, 4) is 11.3 Å². The maximum Gasteiger partial charge on any atom is 0.273 e. The summed E-state index contributed by atoms with van der Waals surface area (Å²) in [7, 11) is 0. The van der Waals surface area contributed by atoms with Gasteiger partial charge in [-0.2, -0.15) is 4.37 Å². The Bertz CT molecular complexity index is 1180. The molecule has 0 fully saturated rings. The van der Waals surface area contributed by atoms with Gasteiger partial charge in [0.2, 0.25) is 0 Å². The van der Waals surface area contributed by atoms with E-state index in [1.54, 1.807) is 10.9 Å². The van der Waals surface area contributed by atoms with Crippen molar-refractivity contribution in [1.29, 1.82) is 0 Å². The van der Waals surface area contributed by atoms with Crippen LogP contribution in [-0.4, -0.2) is 20.5 Å². The molecule has 3 heterocycles. The van der Waals surface area contributed by atoms with Crippen molar-refractivity contribution in [1.82, 2.24) is 19.2 Å². The van der Waals surface area contributed by atoms with Gasteiger partial charge in [0.05, 0.1) is 12.9 Å². The lowest BCUT2D eigenvalue weighted by Crippen LogP contribution is -2.26. The molecule has 0 unspecified atom stereocenters. The Hall–Kier alpha value is -2.83. The van der Waals surface area contributed by atoms with Crippen LogP contribution in [0.5, 0.6) is 0 Å². The summed E-state index contributed by atoms with van der Waals surface area (Å²) in [4.78, 5) is 17.6. The van der Waals surface area contributed by atoms with Crippen LogP contribution in [0.2, 0.25) is 0 Å². The number of fused-ring (bicyclic) bond motifs is 2. The molecule has 0 bridgehead atoms. The quantitative estimate of drug-likeness (QED) is 0.598. The van der Waals surface area contributed by atoms with Crippen LogP contribution >= 0.6 is 11.5 Å². The van der Waals surface area contributed by atoms with E-state index in [4.69, 9.17) is 0 Å². The first-order valence-corrected chi connectivity index (χ1v) is 9.79. The number of hydrogen-bond donors (Lipinski definition) is 1. The van der Waals surface area contributed by atoms with E-state index >= 15 is 0 Å². The third-order valence-corrected chi connectivity index (χ3v) is 5.90. The maximum absolute atomic E-state index is 13.0. The SMILES string of the molecule is O=c1c2snc(-c3ccccc3)c2ncn1Cc1cccc2c1CCNC2. The molecule has 0 amide bonds. The van der Waals surface area contributed by atoms with Gasteiger partial charge in [-0.1, -0.05) is 48.5 Å². The average molecular weight is 374 g/mol. The molecule has 2 aromatic carbocycles. The first kappa shape index (κ1) is 16.4. The molecule has 6 heteroatoms. The summed E-state index contributed by atoms with van der Waals surface area (Å²) in [6.45, 7) is 2.42. The van der Waals surface area contributed by atoms with E-state index in [2.05, 4.69) is 32.9 Å². The van der Waals surface area contributed by atoms with Crippen LogP contribution in [0.4, 0.5) is 0 Å². The third-order valence-electron chi connectivity index (χ3n) is 5.07. The largest absolute Gasteiger partial charge is 0.312 e. The molecular formula is C21H18N4OS. The fourth-order valence-electron chi connectivity index (χ4n) is 3.70. The molecule has 134 valence electrons. The zero-order valence-corrected chi connectivity index (χ0v) is 15.5. The highest BCUT2D eigenvalue weighted by Gasteiger charge is 2.16. The fraction of sp³-hybridized carbons (Fsp3) is 0.190. The van der Waals surface area contributed by atoms with E-state index in [-0.39, 0.29) is 5.56 Å². The Morgan fingerprint density at radius 1 is 1.11 bits per heavy atom. The highest BCUT2D eigenvalue weighted by Crippen LogP contribution is 2.27. The van der Waals surface area contributed by atoms with Gasteiger partial charge in [0.15, 0.2) is 0 Å². The average Bonchev–Trinajstić information content (AvgIpc) is 3.16. The summed E-state index contributed by atoms with van der Waals surface area (Å²) < 4.78 is 6.82. The summed E-state index contributed by atoms with van der Waals surface area (Å²) in [5.41, 5.74) is 6.31. The first-order chi connectivity index (χ1) is 13.3. The van der Waals surface area contributed by atoms with Gasteiger partial charge < -0.3 is 5.32 Å². The van der Waals surface area contributed by atoms with E-state index in [0.717, 1.165) is 30.8 Å². The Morgan fingerprint density at radius 3 is 2.89 bits per heavy atom. The van der Waals surface area contributed by atoms with Crippen LogP contribution in [-0.2, 0) is 19.5 Å². The first-order valence-electron chi connectivity index (χ1n) is 9.02. The van der Waals surface area contributed by atoms with Gasteiger partial charge in [-0.25, -0.2) is 4.98 Å². The Balaban J connectivity index is 1.56. The van der Waals surface area contributed by atoms with Crippen LogP contribution in [0.3, 0.4) is 0 Å². The second-order valence-corrected chi connectivity index (χ2v) is 7.51. The Kier molecular flexibility index (Phi) is 4.07. The van der Waals surface area contributed by atoms with Crippen LogP contribution in [0, 0.1) is 0 Å². The lowest BCUT2D eigenvalue weighted by molar-refractivity contribution is 0.632. The number of benzene rings is 2. The molecule has 4 aromatic rings. The molecule has 0 spiro atoms. The maximum atomic E-state index is 13.0. The topological polar surface area (TPSA) is 59.8 Å². The van der Waals surface area contributed by atoms with Crippen LogP contribution in [0.15, 0.2) is 59.7 Å². The second-order valence-electron chi connectivity index (χ2n) is 6.73. The van der Waals surface area contributed by atoms with Gasteiger partial charge in [-0.05, 0) is 41.2 Å². The number of rotatable bonds is 3. The van der Waals surface area contributed by atoms with Crippen LogP contribution in [0.25, 0.3) is 21.5 Å². The molecule has 0 saturated carbocycles. The highest BCUT2D eigenvalue weighted by molar-refractivity contribution is 7.13. The van der Waals surface area contributed by atoms with Crippen molar-refractivity contribution in [2.75, 3.05) is 6.54 Å². The number of nitrogens with zero attached hydrogens (tertiary/aromatic N) is 3. The summed E-state index contributed by atoms with van der Waals surface area (Å²) >= 11 is 1.23. The van der Waals surface area contributed by atoms with Gasteiger partial charge >= 0.3 is 0 Å². The highest BCUT2D eigenvalue weighted by atomic mass is 32.1. The third kappa shape index (κ3) is 2.87. The van der Waals surface area contributed by atoms with Gasteiger partial charge in [-0.15, -0.1) is 0 Å². The van der Waals surface area contributed by atoms with Gasteiger partial charge in [0.1, 0.15) is 15.9 Å². The van der Waals surface area contributed by atoms with Crippen molar-refractivity contribution >= 4 is 21.7 Å². The smallest absolute Gasteiger partial charge is 0.273 e. The van der Waals surface area contributed by atoms with Crippen molar-refractivity contribution < 1.29 is 0 Å². The lowest BCUT2D eigenvalue weighted by Gasteiger charge is -2.20. The number of nitrogens with one attached hydrogen (secondary N) is 1. The van der Waals surface area contributed by atoms with Gasteiger partial charge in [0.25, 0.3) is 5.56 Å². The molecule has 5 rings (SSSR count). The van der Waals surface area contributed by atoms with E-state index in [0.29, 0.717) is 16.8 Å². The molecule has 5 nitrogen and oxygen atoms in total. The minimum atomic E-state index is -0.0220. The van der Waals surface area contributed by atoms with Crippen molar-refractivity contribution in [2.24, 2.45) is 0 Å². The fourth-order valence-corrected chi connectivity index (χ4v) is 4.50. The summed E-state index contributed by atoms with van der Waals surface area (Å²) in [6, 6.07) is 16.2. The summed E-state index contributed by atoms with van der Waals surface area (Å²) in [6.07, 6.45) is 2.65. The van der Waals surface area contributed by atoms with Crippen LogP contribution in [0.1, 0.15) is 16.7 Å². The van der Waals surface area contributed by atoms with Crippen molar-refractivity contribution in [2.45, 2.75) is 19.5 Å². The minimum Gasteiger partial charge on any atom is -0.312 e. The second kappa shape index (κ2) is 6.72. The molecule has 2 aromatic heterocycles. The molecule has 0 radical (unpaired) electrons. The van der Waals surface area contributed by atoms with E-state index < -0.39 is 0 Å². The van der Waals surface area contributed by atoms with E-state index in [9.17, 15) is 4.79 Å². The van der Waals surface area contributed by atoms with Crippen LogP contribution < -0.4 is 10.9 Å². The predicted molar refractivity (Wildman–Crippen MR) is 108 cm³/mol. The molecule has 27 heavy (non-hydrogen) atoms. The van der Waals surface area contributed by atoms with Gasteiger partial charge in [-0.3, -0.25) is 9.36 Å². The number of aromatic nitrogens is 3. The molecule has 1 aliphatic rings. The minimum absolute atomic E-state index is 0.0220. The number of hydrogen-bond acceptors (Lipinski definition) is 5. The zero-order valence-electron chi connectivity index (χ0n) is 14.7. The molecule has 1 N–H and O–H groups in total. The molecule has 0 atom stereocenters.